The van der Waals surface area contributed by atoms with E-state index in [9.17, 15) is 5.11 Å². The van der Waals surface area contributed by atoms with Crippen LogP contribution < -0.4 is 4.74 Å². The number of aliphatic hydroxyl groups excluding tert-OH is 1. The molecule has 0 radical (unpaired) electrons. The van der Waals surface area contributed by atoms with Gasteiger partial charge in [-0.1, -0.05) is 12.1 Å². The summed E-state index contributed by atoms with van der Waals surface area (Å²) in [5.41, 5.74) is 2.28. The van der Waals surface area contributed by atoms with Crippen LogP contribution in [0, 0.1) is 13.8 Å². The van der Waals surface area contributed by atoms with Crippen molar-refractivity contribution in [1.82, 2.24) is 14.7 Å². The van der Waals surface area contributed by atoms with Crippen LogP contribution in [0.25, 0.3) is 0 Å². The Labute approximate surface area is 143 Å². The molecule has 3 rings (SSSR count). The Bertz CT molecular complexity index is 634. The highest BCUT2D eigenvalue weighted by atomic mass is 16.5. The summed E-state index contributed by atoms with van der Waals surface area (Å²) in [6, 6.07) is 8.61. The van der Waals surface area contributed by atoms with Crippen LogP contribution >= 0.6 is 0 Å². The van der Waals surface area contributed by atoms with Crippen LogP contribution in [0.5, 0.6) is 5.75 Å². The molecule has 1 unspecified atom stereocenters. The van der Waals surface area contributed by atoms with Crippen molar-refractivity contribution in [3.63, 3.8) is 0 Å². The predicted octanol–water partition coefficient (Wildman–Crippen LogP) is 2.58. The summed E-state index contributed by atoms with van der Waals surface area (Å²) in [6.45, 7) is 7.06. The van der Waals surface area contributed by atoms with E-state index in [0.717, 1.165) is 37.2 Å². The summed E-state index contributed by atoms with van der Waals surface area (Å²) in [5.74, 6) is 0.867. The van der Waals surface area contributed by atoms with E-state index in [2.05, 4.69) is 26.8 Å². The summed E-state index contributed by atoms with van der Waals surface area (Å²) in [5, 5.41) is 14.6. The lowest BCUT2D eigenvalue weighted by molar-refractivity contribution is 0.0548. The summed E-state index contributed by atoms with van der Waals surface area (Å²) < 4.78 is 7.86. The van der Waals surface area contributed by atoms with Gasteiger partial charge in [0.05, 0.1) is 6.04 Å². The molecule has 5 nitrogen and oxygen atoms in total. The molecule has 130 valence electrons. The van der Waals surface area contributed by atoms with Crippen molar-refractivity contribution in [2.45, 2.75) is 38.8 Å². The van der Waals surface area contributed by atoms with Crippen molar-refractivity contribution < 1.29 is 9.84 Å². The Kier molecular flexibility index (Phi) is 5.53. The molecule has 1 aliphatic heterocycles. The summed E-state index contributed by atoms with van der Waals surface area (Å²) in [6.07, 6.45) is 5.55. The van der Waals surface area contributed by atoms with E-state index in [1.54, 1.807) is 0 Å². The molecule has 0 amide bonds. The molecule has 24 heavy (non-hydrogen) atoms. The summed E-state index contributed by atoms with van der Waals surface area (Å²) in [4.78, 5) is 2.32. The molecule has 0 aliphatic carbocycles. The minimum absolute atomic E-state index is 0.337. The number of hydrogen-bond donors (Lipinski definition) is 1. The summed E-state index contributed by atoms with van der Waals surface area (Å²) >= 11 is 0. The maximum atomic E-state index is 10.3. The van der Waals surface area contributed by atoms with Crippen LogP contribution in [-0.4, -0.2) is 52.1 Å². The first-order valence-corrected chi connectivity index (χ1v) is 8.71. The van der Waals surface area contributed by atoms with Crippen molar-refractivity contribution >= 4 is 0 Å². The second kappa shape index (κ2) is 7.81. The number of hydrogen-bond acceptors (Lipinski definition) is 4. The molecule has 2 heterocycles. The van der Waals surface area contributed by atoms with E-state index in [1.807, 2.05) is 38.4 Å². The maximum absolute atomic E-state index is 10.3. The molecule has 1 N–H and O–H groups in total. The molecule has 0 bridgehead atoms. The largest absolute Gasteiger partial charge is 0.491 e. The van der Waals surface area contributed by atoms with E-state index in [0.29, 0.717) is 19.2 Å². The predicted molar refractivity (Wildman–Crippen MR) is 94.4 cm³/mol. The zero-order valence-electron chi connectivity index (χ0n) is 14.6. The van der Waals surface area contributed by atoms with Crippen molar-refractivity contribution in [3.05, 3.63) is 47.8 Å². The standard InChI is InChI=1S/C19H27N3O2/c1-15-4-5-16(2)19(12-15)24-14-18(23)13-21-10-6-17(7-11-21)22-9-3-8-20-22/h3-5,8-9,12,17-18,23H,6-7,10-11,13-14H2,1-2H3. The molecule has 0 saturated carbocycles. The molecule has 1 saturated heterocycles. The third-order valence-corrected chi connectivity index (χ3v) is 4.70. The number of likely N-dealkylation sites (tertiary alicyclic amines) is 1. The monoisotopic (exact) mass is 329 g/mol. The first-order valence-electron chi connectivity index (χ1n) is 8.71. The topological polar surface area (TPSA) is 50.5 Å². The number of rotatable bonds is 6. The minimum atomic E-state index is -0.467. The van der Waals surface area contributed by atoms with Gasteiger partial charge in [-0.05, 0) is 49.9 Å². The number of β-amino-alcohol motifs (C(OH)–C–C–N with tert-alkyl or cyclic N) is 1. The third kappa shape index (κ3) is 4.36. The molecule has 2 aromatic rings. The number of aliphatic hydroxyl groups is 1. The van der Waals surface area contributed by atoms with Gasteiger partial charge in [-0.25, -0.2) is 0 Å². The van der Waals surface area contributed by atoms with Gasteiger partial charge in [-0.3, -0.25) is 4.68 Å². The average Bonchev–Trinajstić information content (AvgIpc) is 3.11. The quantitative estimate of drug-likeness (QED) is 0.885. The van der Waals surface area contributed by atoms with Crippen LogP contribution in [0.15, 0.2) is 36.7 Å². The fourth-order valence-electron chi connectivity index (χ4n) is 3.26. The zero-order chi connectivity index (χ0) is 16.9. The number of benzene rings is 1. The van der Waals surface area contributed by atoms with Gasteiger partial charge in [-0.2, -0.15) is 5.10 Å². The van der Waals surface area contributed by atoms with Gasteiger partial charge in [0.15, 0.2) is 0 Å². The van der Waals surface area contributed by atoms with Crippen LogP contribution in [0.2, 0.25) is 0 Å². The number of nitrogens with zero attached hydrogens (tertiary/aromatic N) is 3. The van der Waals surface area contributed by atoms with E-state index in [-0.39, 0.29) is 0 Å². The maximum Gasteiger partial charge on any atom is 0.122 e. The Hall–Kier alpha value is -1.85. The fraction of sp³-hybridized carbons (Fsp3) is 0.526. The Balaban J connectivity index is 1.43. The molecule has 1 aliphatic rings. The highest BCUT2D eigenvalue weighted by molar-refractivity contribution is 5.35. The van der Waals surface area contributed by atoms with Crippen molar-refractivity contribution in [3.8, 4) is 5.75 Å². The van der Waals surface area contributed by atoms with Crippen LogP contribution in [0.4, 0.5) is 0 Å². The normalized spacial score (nSPS) is 17.8. The average molecular weight is 329 g/mol. The highest BCUT2D eigenvalue weighted by Gasteiger charge is 2.22. The van der Waals surface area contributed by atoms with Crippen molar-refractivity contribution in [2.24, 2.45) is 0 Å². The molecule has 5 heteroatoms. The molecule has 1 aromatic heterocycles. The Morgan fingerprint density at radius 1 is 1.29 bits per heavy atom. The molecular weight excluding hydrogens is 302 g/mol. The molecule has 0 spiro atoms. The molecule has 1 atom stereocenters. The van der Waals surface area contributed by atoms with E-state index >= 15 is 0 Å². The second-order valence-corrected chi connectivity index (χ2v) is 6.75. The first kappa shape index (κ1) is 17.0. The number of ether oxygens (including phenoxy) is 1. The van der Waals surface area contributed by atoms with Gasteiger partial charge in [0.25, 0.3) is 0 Å². The van der Waals surface area contributed by atoms with Crippen molar-refractivity contribution in [2.75, 3.05) is 26.2 Å². The Morgan fingerprint density at radius 2 is 2.08 bits per heavy atom. The van der Waals surface area contributed by atoms with Gasteiger partial charge in [0.1, 0.15) is 18.5 Å². The van der Waals surface area contributed by atoms with Gasteiger partial charge in [-0.15, -0.1) is 0 Å². The first-order chi connectivity index (χ1) is 11.6. The number of aryl methyl sites for hydroxylation is 2. The van der Waals surface area contributed by atoms with Gasteiger partial charge in [0.2, 0.25) is 0 Å². The van der Waals surface area contributed by atoms with Gasteiger partial charge in [0, 0.05) is 32.0 Å². The molecular formula is C19H27N3O2. The summed E-state index contributed by atoms with van der Waals surface area (Å²) in [7, 11) is 0. The second-order valence-electron chi connectivity index (χ2n) is 6.75. The van der Waals surface area contributed by atoms with Crippen LogP contribution in [0.1, 0.15) is 30.0 Å². The molecule has 1 aromatic carbocycles. The number of aromatic nitrogens is 2. The lowest BCUT2D eigenvalue weighted by Crippen LogP contribution is -2.41. The SMILES string of the molecule is Cc1ccc(C)c(OCC(O)CN2CCC(n3cccn3)CC2)c1. The zero-order valence-corrected chi connectivity index (χ0v) is 14.6. The highest BCUT2D eigenvalue weighted by Crippen LogP contribution is 2.22. The lowest BCUT2D eigenvalue weighted by atomic mass is 10.1. The smallest absolute Gasteiger partial charge is 0.122 e. The van der Waals surface area contributed by atoms with Gasteiger partial charge >= 0.3 is 0 Å². The van der Waals surface area contributed by atoms with E-state index < -0.39 is 6.10 Å². The molecule has 1 fully saturated rings. The van der Waals surface area contributed by atoms with Crippen LogP contribution in [-0.2, 0) is 0 Å². The minimum Gasteiger partial charge on any atom is -0.491 e. The van der Waals surface area contributed by atoms with Crippen LogP contribution in [0.3, 0.4) is 0 Å². The van der Waals surface area contributed by atoms with E-state index in [4.69, 9.17) is 4.74 Å². The third-order valence-electron chi connectivity index (χ3n) is 4.70. The number of piperidine rings is 1. The fourth-order valence-corrected chi connectivity index (χ4v) is 3.26. The Morgan fingerprint density at radius 3 is 2.79 bits per heavy atom. The van der Waals surface area contributed by atoms with Crippen molar-refractivity contribution in [1.29, 1.82) is 0 Å². The lowest BCUT2D eigenvalue weighted by Gasteiger charge is -2.33. The van der Waals surface area contributed by atoms with Gasteiger partial charge < -0.3 is 14.7 Å². The van der Waals surface area contributed by atoms with E-state index in [1.165, 1.54) is 5.56 Å².